The second-order valence-electron chi connectivity index (χ2n) is 9.63. The van der Waals surface area contributed by atoms with Crippen LogP contribution in [-0.2, 0) is 24.8 Å². The third-order valence-electron chi connectivity index (χ3n) is 7.34. The lowest BCUT2D eigenvalue weighted by Crippen LogP contribution is -2.63. The lowest BCUT2D eigenvalue weighted by Gasteiger charge is -2.43. The molecule has 2 heterocycles. The number of nitrogens with zero attached hydrogens (tertiary/aromatic N) is 4. The van der Waals surface area contributed by atoms with Gasteiger partial charge in [-0.3, -0.25) is 4.79 Å². The molecule has 5 rings (SSSR count). The Kier molecular flexibility index (Phi) is 8.13. The van der Waals surface area contributed by atoms with Crippen molar-refractivity contribution < 1.29 is 26.4 Å². The molecule has 0 spiro atoms. The van der Waals surface area contributed by atoms with Crippen molar-refractivity contribution in [2.24, 2.45) is 0 Å². The van der Waals surface area contributed by atoms with Crippen molar-refractivity contribution in [3.05, 3.63) is 84.9 Å². The van der Waals surface area contributed by atoms with E-state index in [1.54, 1.807) is 48.4 Å². The van der Waals surface area contributed by atoms with E-state index < -0.39 is 32.0 Å². The highest BCUT2D eigenvalue weighted by Gasteiger charge is 2.45. The molecule has 3 aromatic rings. The van der Waals surface area contributed by atoms with E-state index in [1.165, 1.54) is 28.6 Å². The summed E-state index contributed by atoms with van der Waals surface area (Å²) in [5.74, 6) is 0.353. The van der Waals surface area contributed by atoms with E-state index in [0.717, 1.165) is 15.7 Å². The lowest BCUT2D eigenvalue weighted by atomic mass is 10.1. The molecule has 0 unspecified atom stereocenters. The van der Waals surface area contributed by atoms with Crippen LogP contribution in [0.1, 0.15) is 0 Å². The first kappa shape index (κ1) is 28.1. The zero-order valence-electron chi connectivity index (χ0n) is 22.2. The third-order valence-corrected chi connectivity index (χ3v) is 11.1. The van der Waals surface area contributed by atoms with Crippen molar-refractivity contribution in [3.8, 4) is 5.75 Å². The summed E-state index contributed by atoms with van der Waals surface area (Å²) in [6, 6.07) is 22.4. The molecule has 12 heteroatoms. The molecule has 0 aliphatic carbocycles. The van der Waals surface area contributed by atoms with Crippen LogP contribution in [0, 0.1) is 0 Å². The maximum atomic E-state index is 13.9. The fraction of sp³-hybridized carbons (Fsp3) is 0.321. The summed E-state index contributed by atoms with van der Waals surface area (Å²) >= 11 is 0. The highest BCUT2D eigenvalue weighted by Crippen LogP contribution is 2.27. The van der Waals surface area contributed by atoms with Gasteiger partial charge in [-0.25, -0.2) is 16.8 Å². The molecule has 0 N–H and O–H groups in total. The summed E-state index contributed by atoms with van der Waals surface area (Å²) in [5, 5.41) is 0. The second kappa shape index (κ2) is 11.6. The van der Waals surface area contributed by atoms with Crippen LogP contribution in [0.4, 0.5) is 5.69 Å². The Morgan fingerprint density at radius 1 is 0.700 bits per heavy atom. The summed E-state index contributed by atoms with van der Waals surface area (Å²) < 4.78 is 61.8. The Balaban J connectivity index is 1.39. The monoisotopic (exact) mass is 584 g/mol. The normalized spacial score (nSPS) is 19.4. The smallest absolute Gasteiger partial charge is 0.243 e. The molecule has 40 heavy (non-hydrogen) atoms. The lowest BCUT2D eigenvalue weighted by molar-refractivity contribution is -0.136. The van der Waals surface area contributed by atoms with Gasteiger partial charge in [0, 0.05) is 51.5 Å². The Labute approximate surface area is 235 Å². The first-order valence-corrected chi connectivity index (χ1v) is 15.9. The summed E-state index contributed by atoms with van der Waals surface area (Å²) in [5.41, 5.74) is 0.999. The van der Waals surface area contributed by atoms with Gasteiger partial charge in [-0.2, -0.15) is 8.61 Å². The van der Waals surface area contributed by atoms with Crippen molar-refractivity contribution in [2.45, 2.75) is 15.8 Å². The fourth-order valence-corrected chi connectivity index (χ4v) is 8.15. The Hall–Kier alpha value is -3.45. The molecule has 2 aliphatic heterocycles. The number of carbonyl (C=O) groups is 1. The Bertz CT molecular complexity index is 1530. The van der Waals surface area contributed by atoms with E-state index in [1.807, 2.05) is 24.3 Å². The van der Waals surface area contributed by atoms with Crippen LogP contribution in [-0.4, -0.2) is 95.2 Å². The number of carbonyl (C=O) groups excluding carboxylic acids is 1. The highest BCUT2D eigenvalue weighted by atomic mass is 32.2. The Morgan fingerprint density at radius 3 is 1.80 bits per heavy atom. The molecule has 2 saturated heterocycles. The van der Waals surface area contributed by atoms with E-state index in [9.17, 15) is 21.6 Å². The van der Waals surface area contributed by atoms with E-state index in [-0.39, 0.29) is 29.4 Å². The van der Waals surface area contributed by atoms with Crippen LogP contribution in [0.15, 0.2) is 94.7 Å². The van der Waals surface area contributed by atoms with E-state index in [2.05, 4.69) is 4.90 Å². The minimum absolute atomic E-state index is 0.0572. The molecule has 1 atom stereocenters. The van der Waals surface area contributed by atoms with Gasteiger partial charge in [0.05, 0.1) is 16.9 Å². The van der Waals surface area contributed by atoms with Gasteiger partial charge in [0.2, 0.25) is 26.0 Å². The molecule has 1 amide bonds. The van der Waals surface area contributed by atoms with E-state index in [4.69, 9.17) is 4.74 Å². The maximum absolute atomic E-state index is 13.9. The van der Waals surface area contributed by atoms with Gasteiger partial charge in [-0.1, -0.05) is 36.4 Å². The average molecular weight is 585 g/mol. The third kappa shape index (κ3) is 5.57. The molecule has 10 nitrogen and oxygen atoms in total. The summed E-state index contributed by atoms with van der Waals surface area (Å²) in [7, 11) is -6.36. The molecular weight excluding hydrogens is 552 g/mol. The first-order chi connectivity index (χ1) is 19.2. The number of benzene rings is 3. The zero-order valence-corrected chi connectivity index (χ0v) is 23.8. The van der Waals surface area contributed by atoms with E-state index >= 15 is 0 Å². The number of methoxy groups -OCH3 is 1. The Morgan fingerprint density at radius 2 is 1.25 bits per heavy atom. The number of ether oxygens (including phenoxy) is 1. The fourth-order valence-electron chi connectivity index (χ4n) is 5.11. The summed E-state index contributed by atoms with van der Waals surface area (Å²) in [6.45, 7) is 1.42. The van der Waals surface area contributed by atoms with Crippen LogP contribution in [0.5, 0.6) is 5.75 Å². The molecule has 212 valence electrons. The van der Waals surface area contributed by atoms with Gasteiger partial charge >= 0.3 is 0 Å². The van der Waals surface area contributed by atoms with Gasteiger partial charge < -0.3 is 14.5 Å². The molecule has 0 bridgehead atoms. The van der Waals surface area contributed by atoms with Crippen molar-refractivity contribution in [2.75, 3.05) is 57.8 Å². The summed E-state index contributed by atoms with van der Waals surface area (Å²) in [4.78, 5) is 17.9. The van der Waals surface area contributed by atoms with Crippen LogP contribution in [0.25, 0.3) is 0 Å². The number of amides is 1. The standard InChI is InChI=1S/C28H32N4O6S2/c1-38-24-14-12-23(13-15-24)29-16-18-30(19-17-29)28(33)27-22-31(39(34,35)25-8-4-2-5-9-25)20-21-32(27)40(36,37)26-10-6-3-7-11-26/h2-15,27H,16-22H2,1H3/t27-/m1/s1. The second-order valence-corrected chi connectivity index (χ2v) is 13.5. The number of sulfonamides is 2. The SMILES string of the molecule is COc1ccc(N2CCN(C(=O)[C@H]3CN(S(=O)(=O)c4ccccc4)CCN3S(=O)(=O)c3ccccc3)CC2)cc1. The molecular formula is C28H32N4O6S2. The molecule has 0 saturated carbocycles. The van der Waals surface area contributed by atoms with Gasteiger partial charge in [0.1, 0.15) is 11.8 Å². The summed E-state index contributed by atoms with van der Waals surface area (Å²) in [6.07, 6.45) is 0. The van der Waals surface area contributed by atoms with Crippen molar-refractivity contribution >= 4 is 31.6 Å². The number of piperazine rings is 2. The van der Waals surface area contributed by atoms with Gasteiger partial charge in [0.25, 0.3) is 0 Å². The molecule has 0 radical (unpaired) electrons. The van der Waals surface area contributed by atoms with Gasteiger partial charge in [-0.15, -0.1) is 0 Å². The number of hydrogen-bond acceptors (Lipinski definition) is 7. The van der Waals surface area contributed by atoms with Crippen LogP contribution in [0.2, 0.25) is 0 Å². The zero-order chi connectivity index (χ0) is 28.3. The maximum Gasteiger partial charge on any atom is 0.243 e. The average Bonchev–Trinajstić information content (AvgIpc) is 3.01. The van der Waals surface area contributed by atoms with Gasteiger partial charge in [-0.05, 0) is 48.5 Å². The molecule has 2 fully saturated rings. The van der Waals surface area contributed by atoms with Crippen LogP contribution < -0.4 is 9.64 Å². The topological polar surface area (TPSA) is 108 Å². The highest BCUT2D eigenvalue weighted by molar-refractivity contribution is 7.89. The number of hydrogen-bond donors (Lipinski definition) is 0. The minimum Gasteiger partial charge on any atom is -0.497 e. The number of anilines is 1. The van der Waals surface area contributed by atoms with Crippen molar-refractivity contribution in [3.63, 3.8) is 0 Å². The van der Waals surface area contributed by atoms with Crippen molar-refractivity contribution in [1.82, 2.24) is 13.5 Å². The first-order valence-electron chi connectivity index (χ1n) is 13.0. The predicted octanol–water partition coefficient (Wildman–Crippen LogP) is 2.11. The van der Waals surface area contributed by atoms with Crippen LogP contribution >= 0.6 is 0 Å². The molecule has 2 aliphatic rings. The molecule has 3 aromatic carbocycles. The molecule has 0 aromatic heterocycles. The van der Waals surface area contributed by atoms with Crippen LogP contribution in [0.3, 0.4) is 0 Å². The van der Waals surface area contributed by atoms with Crippen molar-refractivity contribution in [1.29, 1.82) is 0 Å². The quantitative estimate of drug-likeness (QED) is 0.419. The van der Waals surface area contributed by atoms with E-state index in [0.29, 0.717) is 26.2 Å². The minimum atomic E-state index is -4.05. The predicted molar refractivity (Wildman–Crippen MR) is 151 cm³/mol. The van der Waals surface area contributed by atoms with Gasteiger partial charge in [0.15, 0.2) is 0 Å². The largest absolute Gasteiger partial charge is 0.497 e. The number of rotatable bonds is 7.